The number of nitrogens with two attached hydrogens (primary N) is 1. The van der Waals surface area contributed by atoms with Gasteiger partial charge in [-0.15, -0.1) is 0 Å². The number of hydrogen-bond acceptors (Lipinski definition) is 4. The summed E-state index contributed by atoms with van der Waals surface area (Å²) in [4.78, 5) is 11.6. The highest BCUT2D eigenvalue weighted by molar-refractivity contribution is 7.99. The van der Waals surface area contributed by atoms with Crippen LogP contribution in [0.1, 0.15) is 12.0 Å². The van der Waals surface area contributed by atoms with Gasteiger partial charge in [-0.2, -0.15) is 24.9 Å². The number of halogens is 3. The van der Waals surface area contributed by atoms with Gasteiger partial charge in [0.1, 0.15) is 0 Å². The SMILES string of the molecule is COCCCSCC(=O)Nc1ccc(N)c(C(F)(F)F)c1. The number of methoxy groups -OCH3 is 1. The van der Waals surface area contributed by atoms with E-state index in [1.54, 1.807) is 7.11 Å². The number of nitrogen functional groups attached to an aromatic ring is 1. The summed E-state index contributed by atoms with van der Waals surface area (Å²) in [7, 11) is 1.59. The van der Waals surface area contributed by atoms with Crippen molar-refractivity contribution in [1.82, 2.24) is 0 Å². The van der Waals surface area contributed by atoms with Crippen molar-refractivity contribution in [3.63, 3.8) is 0 Å². The predicted octanol–water partition coefficient (Wildman–Crippen LogP) is 3.00. The lowest BCUT2D eigenvalue weighted by Crippen LogP contribution is -2.16. The number of carbonyl (C=O) groups is 1. The Labute approximate surface area is 125 Å². The van der Waals surface area contributed by atoms with E-state index >= 15 is 0 Å². The second-order valence-corrected chi connectivity index (χ2v) is 5.35. The van der Waals surface area contributed by atoms with E-state index in [1.165, 1.54) is 17.8 Å². The molecule has 21 heavy (non-hydrogen) atoms. The third-order valence-electron chi connectivity index (χ3n) is 2.51. The number of carbonyl (C=O) groups excluding carboxylic acids is 1. The second kappa shape index (κ2) is 8.14. The standard InChI is InChI=1S/C13H17F3N2O2S/c1-20-5-2-6-21-8-12(19)18-9-3-4-11(17)10(7-9)13(14,15)16/h3-4,7H,2,5-6,8,17H2,1H3,(H,18,19). The van der Waals surface area contributed by atoms with Crippen molar-refractivity contribution in [2.45, 2.75) is 12.6 Å². The van der Waals surface area contributed by atoms with Gasteiger partial charge in [0.05, 0.1) is 11.3 Å². The summed E-state index contributed by atoms with van der Waals surface area (Å²) in [6.07, 6.45) is -3.73. The predicted molar refractivity (Wildman–Crippen MR) is 78.3 cm³/mol. The van der Waals surface area contributed by atoms with E-state index in [1.807, 2.05) is 0 Å². The molecule has 1 aromatic carbocycles. The van der Waals surface area contributed by atoms with Crippen molar-refractivity contribution in [3.8, 4) is 0 Å². The van der Waals surface area contributed by atoms with Crippen LogP contribution in [-0.2, 0) is 15.7 Å². The monoisotopic (exact) mass is 322 g/mol. The maximum absolute atomic E-state index is 12.7. The molecule has 0 aromatic heterocycles. The van der Waals surface area contributed by atoms with Crippen LogP contribution in [0.15, 0.2) is 18.2 Å². The van der Waals surface area contributed by atoms with Crippen molar-refractivity contribution in [2.24, 2.45) is 0 Å². The summed E-state index contributed by atoms with van der Waals surface area (Å²) in [6.45, 7) is 0.613. The molecule has 0 saturated carbocycles. The van der Waals surface area contributed by atoms with Crippen molar-refractivity contribution < 1.29 is 22.7 Å². The first-order valence-corrected chi connectivity index (χ1v) is 7.33. The van der Waals surface area contributed by atoms with Gasteiger partial charge in [0.25, 0.3) is 0 Å². The second-order valence-electron chi connectivity index (χ2n) is 4.25. The van der Waals surface area contributed by atoms with Crippen molar-refractivity contribution in [1.29, 1.82) is 0 Å². The smallest absolute Gasteiger partial charge is 0.398 e. The molecular weight excluding hydrogens is 305 g/mol. The van der Waals surface area contributed by atoms with Crippen LogP contribution in [0.25, 0.3) is 0 Å². The number of nitrogens with one attached hydrogen (secondary N) is 1. The Hall–Kier alpha value is -1.41. The summed E-state index contributed by atoms with van der Waals surface area (Å²) < 4.78 is 42.9. The van der Waals surface area contributed by atoms with Crippen LogP contribution in [0.5, 0.6) is 0 Å². The van der Waals surface area contributed by atoms with Crippen LogP contribution in [0.3, 0.4) is 0 Å². The summed E-state index contributed by atoms with van der Waals surface area (Å²) in [5.41, 5.74) is 4.05. The lowest BCUT2D eigenvalue weighted by atomic mass is 10.1. The Morgan fingerprint density at radius 2 is 2.14 bits per heavy atom. The highest BCUT2D eigenvalue weighted by Crippen LogP contribution is 2.35. The zero-order chi connectivity index (χ0) is 15.9. The Morgan fingerprint density at radius 3 is 2.76 bits per heavy atom. The largest absolute Gasteiger partial charge is 0.418 e. The number of benzene rings is 1. The molecule has 0 atom stereocenters. The van der Waals surface area contributed by atoms with E-state index in [-0.39, 0.29) is 23.0 Å². The molecule has 4 nitrogen and oxygen atoms in total. The molecule has 0 aliphatic carbocycles. The van der Waals surface area contributed by atoms with E-state index in [0.29, 0.717) is 6.61 Å². The van der Waals surface area contributed by atoms with Gasteiger partial charge in [-0.3, -0.25) is 4.79 Å². The number of anilines is 2. The Kier molecular flexibility index (Phi) is 6.83. The molecule has 118 valence electrons. The van der Waals surface area contributed by atoms with Gasteiger partial charge >= 0.3 is 6.18 Å². The van der Waals surface area contributed by atoms with Crippen LogP contribution in [-0.4, -0.2) is 31.1 Å². The minimum atomic E-state index is -4.54. The third-order valence-corrected chi connectivity index (χ3v) is 3.56. The van der Waals surface area contributed by atoms with E-state index in [4.69, 9.17) is 10.5 Å². The fraction of sp³-hybridized carbons (Fsp3) is 0.462. The molecule has 8 heteroatoms. The van der Waals surface area contributed by atoms with Crippen molar-refractivity contribution in [2.75, 3.05) is 36.3 Å². The Balaban J connectivity index is 2.53. The summed E-state index contributed by atoms with van der Waals surface area (Å²) in [6, 6.07) is 3.31. The molecule has 0 saturated heterocycles. The fourth-order valence-corrected chi connectivity index (χ4v) is 2.27. The number of thioether (sulfide) groups is 1. The van der Waals surface area contributed by atoms with Crippen molar-refractivity contribution >= 4 is 29.0 Å². The number of amides is 1. The fourth-order valence-electron chi connectivity index (χ4n) is 1.55. The molecule has 0 radical (unpaired) electrons. The summed E-state index contributed by atoms with van der Waals surface area (Å²) >= 11 is 1.39. The van der Waals surface area contributed by atoms with Crippen LogP contribution in [0, 0.1) is 0 Å². The Morgan fingerprint density at radius 1 is 1.43 bits per heavy atom. The van der Waals surface area contributed by atoms with Crippen LogP contribution in [0.4, 0.5) is 24.5 Å². The van der Waals surface area contributed by atoms with Crippen LogP contribution in [0.2, 0.25) is 0 Å². The van der Waals surface area contributed by atoms with Gasteiger partial charge in [-0.25, -0.2) is 0 Å². The average Bonchev–Trinajstić information content (AvgIpc) is 2.39. The van der Waals surface area contributed by atoms with Gasteiger partial charge < -0.3 is 15.8 Å². The maximum Gasteiger partial charge on any atom is 0.418 e. The third kappa shape index (κ3) is 6.26. The quantitative estimate of drug-likeness (QED) is 0.598. The molecule has 1 rings (SSSR count). The van der Waals surface area contributed by atoms with Gasteiger partial charge in [0.2, 0.25) is 5.91 Å². The summed E-state index contributed by atoms with van der Waals surface area (Å²) in [5, 5.41) is 2.43. The van der Waals surface area contributed by atoms with Crippen molar-refractivity contribution in [3.05, 3.63) is 23.8 Å². The molecular formula is C13H17F3N2O2S. The number of hydrogen-bond donors (Lipinski definition) is 2. The van der Waals surface area contributed by atoms with Gasteiger partial charge in [-0.05, 0) is 30.4 Å². The molecule has 1 aromatic rings. The molecule has 0 heterocycles. The maximum atomic E-state index is 12.7. The normalized spacial score (nSPS) is 11.4. The van der Waals surface area contributed by atoms with Gasteiger partial charge in [0, 0.05) is 25.1 Å². The molecule has 0 unspecified atom stereocenters. The molecule has 3 N–H and O–H groups in total. The van der Waals surface area contributed by atoms with E-state index in [9.17, 15) is 18.0 Å². The minimum Gasteiger partial charge on any atom is -0.398 e. The molecule has 0 bridgehead atoms. The van der Waals surface area contributed by atoms with E-state index in [0.717, 1.165) is 24.3 Å². The van der Waals surface area contributed by atoms with E-state index in [2.05, 4.69) is 5.32 Å². The zero-order valence-corrected chi connectivity index (χ0v) is 12.3. The van der Waals surface area contributed by atoms with Gasteiger partial charge in [0.15, 0.2) is 0 Å². The average molecular weight is 322 g/mol. The highest BCUT2D eigenvalue weighted by Gasteiger charge is 2.33. The molecule has 0 spiro atoms. The first-order valence-electron chi connectivity index (χ1n) is 6.18. The topological polar surface area (TPSA) is 64.3 Å². The first kappa shape index (κ1) is 17.6. The van der Waals surface area contributed by atoms with Gasteiger partial charge in [-0.1, -0.05) is 0 Å². The first-order chi connectivity index (χ1) is 9.84. The lowest BCUT2D eigenvalue weighted by molar-refractivity contribution is -0.136. The number of rotatable bonds is 7. The molecule has 0 aliphatic rings. The summed E-state index contributed by atoms with van der Waals surface area (Å²) in [5.74, 6) is 0.571. The molecule has 0 aliphatic heterocycles. The number of ether oxygens (including phenoxy) is 1. The highest BCUT2D eigenvalue weighted by atomic mass is 32.2. The van der Waals surface area contributed by atoms with Crippen LogP contribution < -0.4 is 11.1 Å². The Bertz CT molecular complexity index is 481. The van der Waals surface area contributed by atoms with Crippen LogP contribution >= 0.6 is 11.8 Å². The minimum absolute atomic E-state index is 0.0824. The molecule has 1 amide bonds. The number of alkyl halides is 3. The lowest BCUT2D eigenvalue weighted by Gasteiger charge is -2.12. The molecule has 0 fully saturated rings. The zero-order valence-electron chi connectivity index (χ0n) is 11.5. The van der Waals surface area contributed by atoms with E-state index < -0.39 is 11.7 Å².